The van der Waals surface area contributed by atoms with E-state index in [9.17, 15) is 15.0 Å². The van der Waals surface area contributed by atoms with Gasteiger partial charge in [-0.1, -0.05) is 25.3 Å². The molecule has 1 atom stereocenters. The van der Waals surface area contributed by atoms with Gasteiger partial charge in [-0.25, -0.2) is 24.7 Å². The predicted molar refractivity (Wildman–Crippen MR) is 151 cm³/mol. The van der Waals surface area contributed by atoms with Crippen LogP contribution in [0.25, 0.3) is 10.6 Å². The molecule has 6 rings (SSSR count). The number of aryl methyl sites for hydroxylation is 2. The number of carboxylic acids is 1. The normalized spacial score (nSPS) is 19.4. The largest absolute Gasteiger partial charge is 0.478 e. The summed E-state index contributed by atoms with van der Waals surface area (Å²) in [5, 5.41) is 25.1. The van der Waals surface area contributed by atoms with E-state index in [1.54, 1.807) is 30.7 Å². The molecule has 2 aliphatic rings. The molecule has 3 N–H and O–H groups in total. The smallest absolute Gasteiger partial charge is 0.335 e. The molecule has 1 fully saturated rings. The van der Waals surface area contributed by atoms with E-state index in [1.165, 1.54) is 43.4 Å². The molecule has 0 bridgehead atoms. The molecule has 1 aromatic carbocycles. The second-order valence-corrected chi connectivity index (χ2v) is 11.7. The second-order valence-electron chi connectivity index (χ2n) is 10.6. The van der Waals surface area contributed by atoms with Crippen LogP contribution in [-0.2, 0) is 12.0 Å². The summed E-state index contributed by atoms with van der Waals surface area (Å²) >= 11 is 1.42. The molecule has 0 saturated heterocycles. The number of fused-ring (bicyclic) bond motifs is 1. The fourth-order valence-electron chi connectivity index (χ4n) is 5.86. The summed E-state index contributed by atoms with van der Waals surface area (Å²) in [7, 11) is 0. The van der Waals surface area contributed by atoms with E-state index in [0.717, 1.165) is 51.6 Å². The molecule has 0 unspecified atom stereocenters. The van der Waals surface area contributed by atoms with Crippen molar-refractivity contribution in [1.29, 1.82) is 0 Å². The van der Waals surface area contributed by atoms with Gasteiger partial charge < -0.3 is 15.5 Å². The van der Waals surface area contributed by atoms with Crippen molar-refractivity contribution in [3.8, 4) is 10.6 Å². The molecule has 0 amide bonds. The van der Waals surface area contributed by atoms with E-state index < -0.39 is 11.6 Å². The lowest BCUT2D eigenvalue weighted by Crippen LogP contribution is -2.32. The molecule has 0 radical (unpaired) electrons. The highest BCUT2D eigenvalue weighted by molar-refractivity contribution is 7.15. The number of benzene rings is 1. The molecule has 200 valence electrons. The van der Waals surface area contributed by atoms with Crippen molar-refractivity contribution in [2.24, 2.45) is 0 Å². The van der Waals surface area contributed by atoms with Crippen molar-refractivity contribution in [1.82, 2.24) is 19.9 Å². The molecule has 8 nitrogen and oxygen atoms in total. The van der Waals surface area contributed by atoms with Crippen LogP contribution in [0.4, 0.5) is 11.6 Å². The number of rotatable bonds is 6. The molecule has 9 heteroatoms. The van der Waals surface area contributed by atoms with Gasteiger partial charge in [0.1, 0.15) is 28.6 Å². The number of nitrogens with one attached hydrogen (secondary N) is 1. The highest BCUT2D eigenvalue weighted by Crippen LogP contribution is 2.44. The van der Waals surface area contributed by atoms with Crippen LogP contribution >= 0.6 is 11.3 Å². The Hall–Kier alpha value is -3.69. The number of aromatic nitrogens is 4. The number of thiazole rings is 1. The van der Waals surface area contributed by atoms with Gasteiger partial charge in [0, 0.05) is 23.9 Å². The Labute approximate surface area is 231 Å². The summed E-state index contributed by atoms with van der Waals surface area (Å²) in [6, 6.07) is 11.0. The van der Waals surface area contributed by atoms with Crippen molar-refractivity contribution in [2.45, 2.75) is 69.8 Å². The molecule has 4 aromatic rings. The van der Waals surface area contributed by atoms with E-state index in [2.05, 4.69) is 20.3 Å². The minimum absolute atomic E-state index is 0.233. The Balaban J connectivity index is 1.27. The van der Waals surface area contributed by atoms with Gasteiger partial charge >= 0.3 is 5.97 Å². The molecule has 1 saturated carbocycles. The average molecular weight is 542 g/mol. The lowest BCUT2D eigenvalue weighted by molar-refractivity contribution is 0.0607. The van der Waals surface area contributed by atoms with Crippen LogP contribution in [0.15, 0.2) is 48.9 Å². The third kappa shape index (κ3) is 5.16. The first-order valence-electron chi connectivity index (χ1n) is 13.5. The summed E-state index contributed by atoms with van der Waals surface area (Å²) in [5.74, 6) is 0.945. The van der Waals surface area contributed by atoms with Gasteiger partial charge in [-0.05, 0) is 80.0 Å². The molecular weight excluding hydrogens is 510 g/mol. The Morgan fingerprint density at radius 1 is 1.03 bits per heavy atom. The number of anilines is 2. The van der Waals surface area contributed by atoms with Crippen LogP contribution in [0.2, 0.25) is 0 Å². The minimum atomic E-state index is -1.26. The standard InChI is InChI=1S/C30H31N5O3S/c1-18-12-24(34-27(13-18)35-26-15-23(32-17-33-26)19-6-3-2-4-7-19)25-16-31-29(39-25)30(38)11-5-8-20-14-21(28(36)37)9-10-22(20)30/h9-10,12-17,19,38H,2-8,11H2,1H3,(H,36,37)(H,32,33,34,35)/t30-/m1/s1. The Morgan fingerprint density at radius 2 is 1.87 bits per heavy atom. The van der Waals surface area contributed by atoms with Crippen molar-refractivity contribution >= 4 is 28.9 Å². The monoisotopic (exact) mass is 541 g/mol. The average Bonchev–Trinajstić information content (AvgIpc) is 3.45. The van der Waals surface area contributed by atoms with Crippen molar-refractivity contribution in [2.75, 3.05) is 5.32 Å². The Morgan fingerprint density at radius 3 is 2.69 bits per heavy atom. The van der Waals surface area contributed by atoms with Gasteiger partial charge in [0.05, 0.1) is 16.1 Å². The van der Waals surface area contributed by atoms with Gasteiger partial charge in [0.2, 0.25) is 0 Å². The second kappa shape index (κ2) is 10.5. The number of hydrogen-bond acceptors (Lipinski definition) is 8. The summed E-state index contributed by atoms with van der Waals surface area (Å²) in [5.41, 5.74) is 3.47. The number of carbonyl (C=O) groups is 1. The van der Waals surface area contributed by atoms with Crippen LogP contribution in [0.3, 0.4) is 0 Å². The van der Waals surface area contributed by atoms with Gasteiger partial charge in [-0.3, -0.25) is 0 Å². The first kappa shape index (κ1) is 25.6. The van der Waals surface area contributed by atoms with E-state index >= 15 is 0 Å². The lowest BCUT2D eigenvalue weighted by Gasteiger charge is -2.33. The van der Waals surface area contributed by atoms with E-state index in [1.807, 2.05) is 25.1 Å². The SMILES string of the molecule is Cc1cc(Nc2cc(C3CCCCC3)ncn2)nc(-c2cnc([C@@]3(O)CCCc4cc(C(=O)O)ccc43)s2)c1. The maximum Gasteiger partial charge on any atom is 0.335 e. The molecule has 3 heterocycles. The maximum absolute atomic E-state index is 11.8. The van der Waals surface area contributed by atoms with Crippen molar-refractivity contribution < 1.29 is 15.0 Å². The third-order valence-corrected chi connectivity index (χ3v) is 9.00. The summed E-state index contributed by atoms with van der Waals surface area (Å²) in [6.45, 7) is 2.02. The fourth-order valence-corrected chi connectivity index (χ4v) is 6.87. The topological polar surface area (TPSA) is 121 Å². The summed E-state index contributed by atoms with van der Waals surface area (Å²) in [6.07, 6.45) is 11.6. The number of carboxylic acid groups (broad SMARTS) is 1. The van der Waals surface area contributed by atoms with Gasteiger partial charge in [-0.15, -0.1) is 11.3 Å². The van der Waals surface area contributed by atoms with Gasteiger partial charge in [0.15, 0.2) is 0 Å². The molecule has 39 heavy (non-hydrogen) atoms. The summed E-state index contributed by atoms with van der Waals surface area (Å²) in [4.78, 5) is 30.7. The molecule has 2 aliphatic carbocycles. The van der Waals surface area contributed by atoms with Crippen molar-refractivity contribution in [3.05, 3.63) is 81.9 Å². The van der Waals surface area contributed by atoms with Crippen LogP contribution in [0.1, 0.15) is 88.6 Å². The van der Waals surface area contributed by atoms with E-state index in [-0.39, 0.29) is 5.56 Å². The number of aromatic carboxylic acids is 1. The third-order valence-electron chi connectivity index (χ3n) is 7.83. The first-order valence-corrected chi connectivity index (χ1v) is 14.3. The number of hydrogen-bond donors (Lipinski definition) is 3. The van der Waals surface area contributed by atoms with Crippen LogP contribution in [-0.4, -0.2) is 36.1 Å². The van der Waals surface area contributed by atoms with Crippen LogP contribution in [0, 0.1) is 6.92 Å². The first-order chi connectivity index (χ1) is 18.9. The molecule has 0 spiro atoms. The Bertz CT molecular complexity index is 1530. The highest BCUT2D eigenvalue weighted by atomic mass is 32.1. The van der Waals surface area contributed by atoms with Crippen LogP contribution < -0.4 is 5.32 Å². The lowest BCUT2D eigenvalue weighted by atomic mass is 9.79. The quantitative estimate of drug-likeness (QED) is 0.258. The predicted octanol–water partition coefficient (Wildman–Crippen LogP) is 6.37. The number of aliphatic hydroxyl groups is 1. The van der Waals surface area contributed by atoms with Gasteiger partial charge in [0.25, 0.3) is 0 Å². The Kier molecular flexibility index (Phi) is 6.86. The molecular formula is C30H31N5O3S. The van der Waals surface area contributed by atoms with Crippen LogP contribution in [0.5, 0.6) is 0 Å². The molecule has 0 aliphatic heterocycles. The minimum Gasteiger partial charge on any atom is -0.478 e. The zero-order valence-electron chi connectivity index (χ0n) is 21.9. The zero-order chi connectivity index (χ0) is 27.0. The number of nitrogens with zero attached hydrogens (tertiary/aromatic N) is 4. The zero-order valence-corrected chi connectivity index (χ0v) is 22.7. The molecule has 3 aromatic heterocycles. The van der Waals surface area contributed by atoms with E-state index in [4.69, 9.17) is 4.98 Å². The highest BCUT2D eigenvalue weighted by Gasteiger charge is 2.39. The maximum atomic E-state index is 11.8. The fraction of sp³-hybridized carbons (Fsp3) is 0.367. The van der Waals surface area contributed by atoms with E-state index in [0.29, 0.717) is 23.2 Å². The summed E-state index contributed by atoms with van der Waals surface area (Å²) < 4.78 is 0. The van der Waals surface area contributed by atoms with Crippen molar-refractivity contribution in [3.63, 3.8) is 0 Å². The van der Waals surface area contributed by atoms with Gasteiger partial charge in [-0.2, -0.15) is 0 Å². The number of pyridine rings is 1.